The van der Waals surface area contributed by atoms with Gasteiger partial charge in [0.15, 0.2) is 5.25 Å². The summed E-state index contributed by atoms with van der Waals surface area (Å²) in [5, 5.41) is 10.8. The summed E-state index contributed by atoms with van der Waals surface area (Å²) in [7, 11) is -3.44. The van der Waals surface area contributed by atoms with Crippen LogP contribution in [0, 0.1) is 11.3 Å². The van der Waals surface area contributed by atoms with Crippen molar-refractivity contribution in [3.8, 4) is 6.07 Å². The van der Waals surface area contributed by atoms with Gasteiger partial charge in [-0.3, -0.25) is 0 Å². The van der Waals surface area contributed by atoms with E-state index < -0.39 is 15.3 Å². The van der Waals surface area contributed by atoms with Gasteiger partial charge in [-0.1, -0.05) is 0 Å². The fourth-order valence-corrected chi connectivity index (χ4v) is 2.36. The van der Waals surface area contributed by atoms with Gasteiger partial charge in [-0.05, 0) is 32.7 Å². The first-order chi connectivity index (χ1) is 7.06. The predicted molar refractivity (Wildman–Crippen MR) is 57.6 cm³/mol. The Morgan fingerprint density at radius 3 is 2.93 bits per heavy atom. The molecule has 0 aromatic rings. The van der Waals surface area contributed by atoms with Crippen LogP contribution in [0.5, 0.6) is 0 Å². The summed E-state index contributed by atoms with van der Waals surface area (Å²) >= 11 is 0. The van der Waals surface area contributed by atoms with Gasteiger partial charge < -0.3 is 5.32 Å². The Balaban J connectivity index is 2.27. The summed E-state index contributed by atoms with van der Waals surface area (Å²) in [6, 6.07) is 2.14. The maximum absolute atomic E-state index is 11.4. The topological polar surface area (TPSA) is 82.0 Å². The minimum Gasteiger partial charge on any atom is -0.314 e. The number of hydrogen-bond acceptors (Lipinski definition) is 4. The number of nitriles is 1. The molecule has 0 aromatic carbocycles. The average Bonchev–Trinajstić information content (AvgIpc) is 2.69. The molecule has 1 rings (SSSR count). The van der Waals surface area contributed by atoms with Gasteiger partial charge in [0.2, 0.25) is 10.0 Å². The molecule has 2 unspecified atom stereocenters. The molecule has 0 radical (unpaired) electrons. The number of sulfonamides is 1. The summed E-state index contributed by atoms with van der Waals surface area (Å²) in [6.45, 7) is 2.81. The van der Waals surface area contributed by atoms with E-state index in [1.54, 1.807) is 6.07 Å². The highest BCUT2D eigenvalue weighted by atomic mass is 32.2. The zero-order valence-electron chi connectivity index (χ0n) is 8.86. The highest BCUT2D eigenvalue weighted by Gasteiger charge is 2.20. The van der Waals surface area contributed by atoms with E-state index in [0.717, 1.165) is 25.8 Å². The van der Waals surface area contributed by atoms with Crippen LogP contribution in [0.3, 0.4) is 0 Å². The summed E-state index contributed by atoms with van der Waals surface area (Å²) in [5.74, 6) is 0. The molecule has 15 heavy (non-hydrogen) atoms. The lowest BCUT2D eigenvalue weighted by Gasteiger charge is -2.11. The van der Waals surface area contributed by atoms with Crippen molar-refractivity contribution in [2.75, 3.05) is 13.1 Å². The molecule has 0 spiro atoms. The second kappa shape index (κ2) is 5.45. The molecule has 1 saturated heterocycles. The van der Waals surface area contributed by atoms with Crippen LogP contribution >= 0.6 is 0 Å². The highest BCUT2D eigenvalue weighted by Crippen LogP contribution is 2.08. The van der Waals surface area contributed by atoms with Crippen LogP contribution in [-0.4, -0.2) is 32.8 Å². The van der Waals surface area contributed by atoms with Crippen LogP contribution in [0.25, 0.3) is 0 Å². The van der Waals surface area contributed by atoms with Crippen molar-refractivity contribution in [1.29, 1.82) is 5.26 Å². The molecule has 0 amide bonds. The summed E-state index contributed by atoms with van der Waals surface area (Å²) < 4.78 is 25.2. The van der Waals surface area contributed by atoms with Crippen molar-refractivity contribution in [1.82, 2.24) is 10.0 Å². The molecule has 1 heterocycles. The highest BCUT2D eigenvalue weighted by molar-refractivity contribution is 7.90. The van der Waals surface area contributed by atoms with Crippen molar-refractivity contribution in [2.45, 2.75) is 37.5 Å². The second-order valence-corrected chi connectivity index (χ2v) is 5.88. The summed E-state index contributed by atoms with van der Waals surface area (Å²) in [4.78, 5) is 0. The molecule has 0 aliphatic carbocycles. The van der Waals surface area contributed by atoms with Crippen LogP contribution in [0.4, 0.5) is 0 Å². The van der Waals surface area contributed by atoms with Crippen LogP contribution in [0.2, 0.25) is 0 Å². The van der Waals surface area contributed by atoms with Gasteiger partial charge >= 0.3 is 0 Å². The van der Waals surface area contributed by atoms with Crippen molar-refractivity contribution in [3.05, 3.63) is 0 Å². The molecular formula is C9H17N3O2S. The van der Waals surface area contributed by atoms with Gasteiger partial charge in [0.1, 0.15) is 0 Å². The lowest BCUT2D eigenvalue weighted by molar-refractivity contribution is 0.538. The molecular weight excluding hydrogens is 214 g/mol. The molecule has 1 fully saturated rings. The monoisotopic (exact) mass is 231 g/mol. The van der Waals surface area contributed by atoms with Gasteiger partial charge in [-0.2, -0.15) is 5.26 Å². The molecule has 86 valence electrons. The molecule has 1 aliphatic rings. The van der Waals surface area contributed by atoms with Crippen molar-refractivity contribution in [3.63, 3.8) is 0 Å². The largest absolute Gasteiger partial charge is 0.314 e. The van der Waals surface area contributed by atoms with E-state index in [0.29, 0.717) is 12.6 Å². The van der Waals surface area contributed by atoms with Gasteiger partial charge in [0, 0.05) is 12.6 Å². The summed E-state index contributed by atoms with van der Waals surface area (Å²) in [6.07, 6.45) is 3.05. The van der Waals surface area contributed by atoms with E-state index in [4.69, 9.17) is 5.26 Å². The zero-order chi connectivity index (χ0) is 11.3. The Bertz CT molecular complexity index is 328. The van der Waals surface area contributed by atoms with E-state index >= 15 is 0 Å². The molecule has 0 aromatic heterocycles. The van der Waals surface area contributed by atoms with Gasteiger partial charge in [-0.25, -0.2) is 13.1 Å². The summed E-state index contributed by atoms with van der Waals surface area (Å²) in [5.41, 5.74) is 0. The average molecular weight is 231 g/mol. The zero-order valence-corrected chi connectivity index (χ0v) is 9.68. The first kappa shape index (κ1) is 12.4. The van der Waals surface area contributed by atoms with Crippen molar-refractivity contribution >= 4 is 10.0 Å². The first-order valence-corrected chi connectivity index (χ1v) is 6.72. The first-order valence-electron chi connectivity index (χ1n) is 5.18. The minimum atomic E-state index is -3.44. The Morgan fingerprint density at radius 1 is 1.67 bits per heavy atom. The number of hydrogen-bond donors (Lipinski definition) is 2. The SMILES string of the molecule is CC(C#N)S(=O)(=O)NCCC1CCCN1. The number of rotatable bonds is 5. The van der Waals surface area contributed by atoms with E-state index in [2.05, 4.69) is 10.0 Å². The number of nitrogens with one attached hydrogen (secondary N) is 2. The predicted octanol–water partition coefficient (Wildman–Crippen LogP) is -0.0400. The number of nitrogens with zero attached hydrogens (tertiary/aromatic N) is 1. The minimum absolute atomic E-state index is 0.409. The van der Waals surface area contributed by atoms with Crippen LogP contribution in [0.1, 0.15) is 26.2 Å². The fraction of sp³-hybridized carbons (Fsp3) is 0.889. The maximum Gasteiger partial charge on any atom is 0.227 e. The Morgan fingerprint density at radius 2 is 2.40 bits per heavy atom. The third-order valence-electron chi connectivity index (χ3n) is 2.61. The van der Waals surface area contributed by atoms with Crippen LogP contribution in [0.15, 0.2) is 0 Å². The van der Waals surface area contributed by atoms with Crippen LogP contribution < -0.4 is 10.0 Å². The Hall–Kier alpha value is -0.640. The lowest BCUT2D eigenvalue weighted by atomic mass is 10.2. The van der Waals surface area contributed by atoms with E-state index in [9.17, 15) is 8.42 Å². The molecule has 1 aliphatic heterocycles. The Kier molecular flexibility index (Phi) is 4.51. The fourth-order valence-electron chi connectivity index (χ4n) is 1.57. The molecule has 6 heteroatoms. The van der Waals surface area contributed by atoms with Gasteiger partial charge in [-0.15, -0.1) is 0 Å². The van der Waals surface area contributed by atoms with E-state index in [1.165, 1.54) is 6.92 Å². The maximum atomic E-state index is 11.4. The van der Waals surface area contributed by atoms with E-state index in [-0.39, 0.29) is 0 Å². The standard InChI is InChI=1S/C9H17N3O2S/c1-8(7-10)15(13,14)12-6-4-9-3-2-5-11-9/h8-9,11-12H,2-6H2,1H3. The van der Waals surface area contributed by atoms with Crippen molar-refractivity contribution < 1.29 is 8.42 Å². The van der Waals surface area contributed by atoms with Crippen LogP contribution in [-0.2, 0) is 10.0 Å². The second-order valence-electron chi connectivity index (χ2n) is 3.79. The van der Waals surface area contributed by atoms with Gasteiger partial charge in [0.05, 0.1) is 6.07 Å². The van der Waals surface area contributed by atoms with Crippen molar-refractivity contribution in [2.24, 2.45) is 0 Å². The smallest absolute Gasteiger partial charge is 0.227 e. The quantitative estimate of drug-likeness (QED) is 0.695. The molecule has 0 saturated carbocycles. The Labute approximate surface area is 90.9 Å². The normalized spacial score (nSPS) is 23.6. The molecule has 5 nitrogen and oxygen atoms in total. The molecule has 2 atom stereocenters. The molecule has 2 N–H and O–H groups in total. The van der Waals surface area contributed by atoms with E-state index in [1.807, 2.05) is 0 Å². The third-order valence-corrected chi connectivity index (χ3v) is 4.25. The third kappa shape index (κ3) is 3.78. The van der Waals surface area contributed by atoms with Gasteiger partial charge in [0.25, 0.3) is 0 Å². The lowest BCUT2D eigenvalue weighted by Crippen LogP contribution is -2.35. The molecule has 0 bridgehead atoms.